The fourth-order valence-corrected chi connectivity index (χ4v) is 3.32. The van der Waals surface area contributed by atoms with Crippen LogP contribution in [0.2, 0.25) is 0 Å². The SMILES string of the molecule is Cc1ccc(S(=O)(=O)N2CC(CO)C2)cc1F. The first-order valence-corrected chi connectivity index (χ1v) is 6.76. The van der Waals surface area contributed by atoms with Crippen molar-refractivity contribution in [1.82, 2.24) is 4.31 Å². The van der Waals surface area contributed by atoms with Crippen LogP contribution in [-0.4, -0.2) is 37.5 Å². The van der Waals surface area contributed by atoms with Crippen molar-refractivity contribution in [3.05, 3.63) is 29.6 Å². The molecule has 1 aromatic rings. The smallest absolute Gasteiger partial charge is 0.243 e. The first-order valence-electron chi connectivity index (χ1n) is 5.32. The summed E-state index contributed by atoms with van der Waals surface area (Å²) in [6.07, 6.45) is 0. The summed E-state index contributed by atoms with van der Waals surface area (Å²) in [5.74, 6) is -0.523. The normalized spacial score (nSPS) is 18.1. The van der Waals surface area contributed by atoms with E-state index in [-0.39, 0.29) is 17.4 Å². The number of aliphatic hydroxyl groups excluding tert-OH is 1. The Morgan fingerprint density at radius 1 is 1.47 bits per heavy atom. The standard InChI is InChI=1S/C11H14FNO3S/c1-8-2-3-10(4-11(8)12)17(15,16)13-5-9(6-13)7-14/h2-4,9,14H,5-7H2,1H3. The number of benzene rings is 1. The van der Waals surface area contributed by atoms with Gasteiger partial charge in [0, 0.05) is 25.6 Å². The van der Waals surface area contributed by atoms with Crippen molar-refractivity contribution in [1.29, 1.82) is 0 Å². The van der Waals surface area contributed by atoms with E-state index in [1.165, 1.54) is 16.4 Å². The Morgan fingerprint density at radius 2 is 2.12 bits per heavy atom. The summed E-state index contributed by atoms with van der Waals surface area (Å²) in [6, 6.07) is 3.89. The third-order valence-electron chi connectivity index (χ3n) is 2.96. The van der Waals surface area contributed by atoms with Crippen molar-refractivity contribution in [3.63, 3.8) is 0 Å². The molecule has 0 amide bonds. The molecule has 4 nitrogen and oxygen atoms in total. The van der Waals surface area contributed by atoms with Gasteiger partial charge in [-0.15, -0.1) is 0 Å². The molecule has 0 spiro atoms. The molecule has 6 heteroatoms. The average molecular weight is 259 g/mol. The second-order valence-corrected chi connectivity index (χ2v) is 6.22. The molecular formula is C11H14FNO3S. The van der Waals surface area contributed by atoms with E-state index in [0.29, 0.717) is 18.7 Å². The molecule has 1 aliphatic heterocycles. The van der Waals surface area contributed by atoms with Crippen molar-refractivity contribution in [2.24, 2.45) is 5.92 Å². The van der Waals surface area contributed by atoms with E-state index in [0.717, 1.165) is 6.07 Å². The molecule has 0 aliphatic carbocycles. The molecule has 0 atom stereocenters. The second kappa shape index (κ2) is 4.36. The van der Waals surface area contributed by atoms with Crippen LogP contribution in [0.5, 0.6) is 0 Å². The number of sulfonamides is 1. The van der Waals surface area contributed by atoms with Crippen LogP contribution in [0.1, 0.15) is 5.56 Å². The van der Waals surface area contributed by atoms with Gasteiger partial charge in [-0.2, -0.15) is 4.31 Å². The van der Waals surface area contributed by atoms with E-state index in [2.05, 4.69) is 0 Å². The van der Waals surface area contributed by atoms with Gasteiger partial charge in [-0.05, 0) is 24.6 Å². The zero-order valence-corrected chi connectivity index (χ0v) is 10.2. The predicted molar refractivity (Wildman–Crippen MR) is 60.5 cm³/mol. The van der Waals surface area contributed by atoms with Gasteiger partial charge in [0.1, 0.15) is 5.82 Å². The molecule has 0 saturated carbocycles. The minimum Gasteiger partial charge on any atom is -0.396 e. The predicted octanol–water partition coefficient (Wildman–Crippen LogP) is 0.747. The van der Waals surface area contributed by atoms with Gasteiger partial charge in [0.2, 0.25) is 10.0 Å². The zero-order chi connectivity index (χ0) is 12.6. The Balaban J connectivity index is 2.24. The lowest BCUT2D eigenvalue weighted by Crippen LogP contribution is -2.51. The Kier molecular flexibility index (Phi) is 3.20. The zero-order valence-electron chi connectivity index (χ0n) is 9.43. The molecule has 0 unspecified atom stereocenters. The summed E-state index contributed by atoms with van der Waals surface area (Å²) in [5, 5.41) is 8.84. The van der Waals surface area contributed by atoms with Crippen LogP contribution < -0.4 is 0 Å². The first kappa shape index (κ1) is 12.5. The first-order chi connectivity index (χ1) is 7.95. The minimum atomic E-state index is -3.60. The Labute approximate surface area is 99.7 Å². The number of halogens is 1. The van der Waals surface area contributed by atoms with Crippen LogP contribution in [0.25, 0.3) is 0 Å². The van der Waals surface area contributed by atoms with Gasteiger partial charge in [-0.1, -0.05) is 6.07 Å². The molecule has 2 rings (SSSR count). The van der Waals surface area contributed by atoms with Gasteiger partial charge in [-0.25, -0.2) is 12.8 Å². The Hall–Kier alpha value is -0.980. The fourth-order valence-electron chi connectivity index (χ4n) is 1.72. The van der Waals surface area contributed by atoms with Gasteiger partial charge in [0.15, 0.2) is 0 Å². The molecule has 0 aromatic heterocycles. The molecule has 94 valence electrons. The van der Waals surface area contributed by atoms with Gasteiger partial charge in [0.25, 0.3) is 0 Å². The summed E-state index contributed by atoms with van der Waals surface area (Å²) in [5.41, 5.74) is 0.417. The van der Waals surface area contributed by atoms with Crippen LogP contribution in [-0.2, 0) is 10.0 Å². The summed E-state index contributed by atoms with van der Waals surface area (Å²) < 4.78 is 38.6. The highest BCUT2D eigenvalue weighted by Gasteiger charge is 2.36. The summed E-state index contributed by atoms with van der Waals surface area (Å²) in [7, 11) is -3.60. The highest BCUT2D eigenvalue weighted by molar-refractivity contribution is 7.89. The van der Waals surface area contributed by atoms with Crippen LogP contribution >= 0.6 is 0 Å². The molecular weight excluding hydrogens is 245 g/mol. The molecule has 1 N–H and O–H groups in total. The topological polar surface area (TPSA) is 57.6 Å². The Morgan fingerprint density at radius 3 is 2.65 bits per heavy atom. The molecule has 1 fully saturated rings. The lowest BCUT2D eigenvalue weighted by atomic mass is 10.1. The molecule has 1 heterocycles. The van der Waals surface area contributed by atoms with E-state index in [9.17, 15) is 12.8 Å². The van der Waals surface area contributed by atoms with Gasteiger partial charge < -0.3 is 5.11 Å². The number of nitrogens with zero attached hydrogens (tertiary/aromatic N) is 1. The van der Waals surface area contributed by atoms with Gasteiger partial charge in [-0.3, -0.25) is 0 Å². The van der Waals surface area contributed by atoms with Crippen molar-refractivity contribution in [3.8, 4) is 0 Å². The van der Waals surface area contributed by atoms with Crippen molar-refractivity contribution in [2.45, 2.75) is 11.8 Å². The molecule has 1 aliphatic rings. The van der Waals surface area contributed by atoms with E-state index < -0.39 is 15.8 Å². The average Bonchev–Trinajstić information content (AvgIpc) is 2.20. The number of hydrogen-bond donors (Lipinski definition) is 1. The quantitative estimate of drug-likeness (QED) is 0.871. The molecule has 17 heavy (non-hydrogen) atoms. The second-order valence-electron chi connectivity index (χ2n) is 4.28. The molecule has 1 aromatic carbocycles. The Bertz CT molecular complexity index is 524. The van der Waals surface area contributed by atoms with Crippen molar-refractivity contribution in [2.75, 3.05) is 19.7 Å². The van der Waals surface area contributed by atoms with E-state index in [1.54, 1.807) is 6.92 Å². The maximum absolute atomic E-state index is 13.3. The maximum Gasteiger partial charge on any atom is 0.243 e. The third kappa shape index (κ3) is 2.20. The van der Waals surface area contributed by atoms with Gasteiger partial charge in [0.05, 0.1) is 4.90 Å². The third-order valence-corrected chi connectivity index (χ3v) is 4.79. The number of aliphatic hydroxyl groups is 1. The summed E-state index contributed by atoms with van der Waals surface area (Å²) >= 11 is 0. The minimum absolute atomic E-state index is 0.0000651. The molecule has 0 bridgehead atoms. The van der Waals surface area contributed by atoms with Crippen molar-refractivity contribution >= 4 is 10.0 Å². The monoisotopic (exact) mass is 259 g/mol. The fraction of sp³-hybridized carbons (Fsp3) is 0.455. The van der Waals surface area contributed by atoms with E-state index >= 15 is 0 Å². The van der Waals surface area contributed by atoms with E-state index in [1.807, 2.05) is 0 Å². The van der Waals surface area contributed by atoms with Gasteiger partial charge >= 0.3 is 0 Å². The largest absolute Gasteiger partial charge is 0.396 e. The lowest BCUT2D eigenvalue weighted by molar-refractivity contribution is 0.117. The highest BCUT2D eigenvalue weighted by atomic mass is 32.2. The van der Waals surface area contributed by atoms with Crippen LogP contribution in [0.3, 0.4) is 0 Å². The van der Waals surface area contributed by atoms with Crippen LogP contribution in [0, 0.1) is 18.7 Å². The van der Waals surface area contributed by atoms with Crippen molar-refractivity contribution < 1.29 is 17.9 Å². The number of rotatable bonds is 3. The molecule has 0 radical (unpaired) electrons. The summed E-state index contributed by atoms with van der Waals surface area (Å²) in [4.78, 5) is -0.0306. The maximum atomic E-state index is 13.3. The van der Waals surface area contributed by atoms with Crippen LogP contribution in [0.4, 0.5) is 4.39 Å². The van der Waals surface area contributed by atoms with Crippen LogP contribution in [0.15, 0.2) is 23.1 Å². The number of aryl methyl sites for hydroxylation is 1. The van der Waals surface area contributed by atoms with E-state index in [4.69, 9.17) is 5.11 Å². The summed E-state index contributed by atoms with van der Waals surface area (Å²) in [6.45, 7) is 2.16. The highest BCUT2D eigenvalue weighted by Crippen LogP contribution is 2.25. The number of hydrogen-bond acceptors (Lipinski definition) is 3. The lowest BCUT2D eigenvalue weighted by Gasteiger charge is -2.36. The molecule has 1 saturated heterocycles.